The molecule has 0 spiro atoms. The second-order valence-corrected chi connectivity index (χ2v) is 2.40. The lowest BCUT2D eigenvalue weighted by Crippen LogP contribution is -2.31. The lowest BCUT2D eigenvalue weighted by Gasteiger charge is -2.21. The van der Waals surface area contributed by atoms with E-state index in [-0.39, 0.29) is 12.1 Å². The number of hydrogen-bond acceptors (Lipinski definition) is 2. The monoisotopic (exact) mass is 141 g/mol. The van der Waals surface area contributed by atoms with Gasteiger partial charge in [0.25, 0.3) is 0 Å². The van der Waals surface area contributed by atoms with Crippen molar-refractivity contribution in [3.8, 4) is 0 Å². The molecular weight excluding hydrogens is 130 g/mol. The molecule has 0 fully saturated rings. The zero-order valence-corrected chi connectivity index (χ0v) is 5.91. The van der Waals surface area contributed by atoms with Crippen molar-refractivity contribution in [2.75, 3.05) is 0 Å². The van der Waals surface area contributed by atoms with Gasteiger partial charge in [0.15, 0.2) is 0 Å². The highest BCUT2D eigenvalue weighted by molar-refractivity contribution is 5.47. The van der Waals surface area contributed by atoms with Crippen molar-refractivity contribution in [1.82, 2.24) is 5.32 Å². The summed E-state index contributed by atoms with van der Waals surface area (Å²) >= 11 is 0. The third-order valence-corrected chi connectivity index (χ3v) is 1.49. The van der Waals surface area contributed by atoms with Gasteiger partial charge in [0.2, 0.25) is 6.41 Å². The minimum atomic E-state index is 0.154. The van der Waals surface area contributed by atoms with Crippen LogP contribution in [0.25, 0.3) is 0 Å². The molecule has 1 amide bonds. The third-order valence-electron chi connectivity index (χ3n) is 1.49. The Morgan fingerprint density at radius 3 is 3.20 bits per heavy atom. The Labute approximate surface area is 60.1 Å². The summed E-state index contributed by atoms with van der Waals surface area (Å²) < 4.78 is 5.12. The van der Waals surface area contributed by atoms with E-state index in [1.165, 1.54) is 0 Å². The van der Waals surface area contributed by atoms with Crippen LogP contribution >= 0.6 is 0 Å². The Bertz CT molecular complexity index is 145. The van der Waals surface area contributed by atoms with Crippen LogP contribution in [0.3, 0.4) is 0 Å². The van der Waals surface area contributed by atoms with Crippen LogP contribution in [-0.2, 0) is 9.53 Å². The first-order valence-corrected chi connectivity index (χ1v) is 3.34. The number of carbonyl (C=O) groups is 1. The average Bonchev–Trinajstić information content (AvgIpc) is 1.88. The molecule has 0 bridgehead atoms. The van der Waals surface area contributed by atoms with Gasteiger partial charge in [-0.25, -0.2) is 0 Å². The number of nitrogens with one attached hydrogen (secondary N) is 1. The molecular formula is C7H11NO2. The molecule has 1 rings (SSSR count). The van der Waals surface area contributed by atoms with Gasteiger partial charge >= 0.3 is 0 Å². The molecule has 0 aromatic carbocycles. The Balaban J connectivity index is 2.38. The second-order valence-electron chi connectivity index (χ2n) is 2.40. The maximum absolute atomic E-state index is 9.99. The van der Waals surface area contributed by atoms with Crippen LogP contribution in [0.5, 0.6) is 0 Å². The van der Waals surface area contributed by atoms with Crippen LogP contribution in [0.4, 0.5) is 0 Å². The van der Waals surface area contributed by atoms with Crippen LogP contribution in [-0.4, -0.2) is 18.6 Å². The maximum Gasteiger partial charge on any atom is 0.207 e. The van der Waals surface area contributed by atoms with Gasteiger partial charge in [-0.3, -0.25) is 4.79 Å². The summed E-state index contributed by atoms with van der Waals surface area (Å²) in [5, 5.41) is 2.67. The summed E-state index contributed by atoms with van der Waals surface area (Å²) in [6.45, 7) is 1.98. The molecule has 10 heavy (non-hydrogen) atoms. The van der Waals surface area contributed by atoms with Crippen LogP contribution in [0.2, 0.25) is 0 Å². The zero-order chi connectivity index (χ0) is 7.40. The Morgan fingerprint density at radius 2 is 2.60 bits per heavy atom. The van der Waals surface area contributed by atoms with Crippen molar-refractivity contribution in [2.24, 2.45) is 0 Å². The fourth-order valence-corrected chi connectivity index (χ4v) is 0.977. The second kappa shape index (κ2) is 3.25. The number of carbonyl (C=O) groups excluding carboxylic acids is 1. The van der Waals surface area contributed by atoms with Crippen molar-refractivity contribution in [1.29, 1.82) is 0 Å². The van der Waals surface area contributed by atoms with E-state index < -0.39 is 0 Å². The van der Waals surface area contributed by atoms with Crippen LogP contribution in [0.15, 0.2) is 12.3 Å². The molecule has 1 heterocycles. The fourth-order valence-electron chi connectivity index (χ4n) is 0.977. The van der Waals surface area contributed by atoms with E-state index in [9.17, 15) is 4.79 Å². The Morgan fingerprint density at radius 1 is 1.80 bits per heavy atom. The first-order chi connectivity index (χ1) is 4.83. The van der Waals surface area contributed by atoms with Crippen molar-refractivity contribution in [3.05, 3.63) is 12.3 Å². The minimum Gasteiger partial charge on any atom is -0.498 e. The first kappa shape index (κ1) is 7.12. The molecule has 2 atom stereocenters. The summed E-state index contributed by atoms with van der Waals surface area (Å²) in [4.78, 5) is 9.99. The Hall–Kier alpha value is -0.990. The molecule has 0 aromatic heterocycles. The van der Waals surface area contributed by atoms with Crippen molar-refractivity contribution >= 4 is 6.41 Å². The topological polar surface area (TPSA) is 38.3 Å². The van der Waals surface area contributed by atoms with Gasteiger partial charge in [-0.05, 0) is 13.0 Å². The van der Waals surface area contributed by atoms with E-state index in [4.69, 9.17) is 4.74 Å². The summed E-state index contributed by atoms with van der Waals surface area (Å²) in [6.07, 6.45) is 5.26. The van der Waals surface area contributed by atoms with E-state index in [1.807, 2.05) is 13.0 Å². The minimum absolute atomic E-state index is 0.154. The zero-order valence-electron chi connectivity index (χ0n) is 5.91. The lowest BCUT2D eigenvalue weighted by atomic mass is 10.1. The van der Waals surface area contributed by atoms with E-state index in [2.05, 4.69) is 5.32 Å². The van der Waals surface area contributed by atoms with Gasteiger partial charge < -0.3 is 10.1 Å². The molecule has 3 heteroatoms. The molecule has 0 unspecified atom stereocenters. The predicted molar refractivity (Wildman–Crippen MR) is 37.3 cm³/mol. The quantitative estimate of drug-likeness (QED) is 0.566. The summed E-state index contributed by atoms with van der Waals surface area (Å²) in [5.74, 6) is 0. The fraction of sp³-hybridized carbons (Fsp3) is 0.571. The molecule has 1 aliphatic rings. The summed E-state index contributed by atoms with van der Waals surface area (Å²) in [5.41, 5.74) is 0. The molecule has 0 saturated carbocycles. The normalized spacial score (nSPS) is 30.9. The van der Waals surface area contributed by atoms with E-state index >= 15 is 0 Å². The van der Waals surface area contributed by atoms with Crippen molar-refractivity contribution < 1.29 is 9.53 Å². The largest absolute Gasteiger partial charge is 0.498 e. The van der Waals surface area contributed by atoms with Gasteiger partial charge in [-0.15, -0.1) is 0 Å². The Kier molecular flexibility index (Phi) is 2.31. The van der Waals surface area contributed by atoms with Crippen LogP contribution < -0.4 is 5.32 Å². The number of rotatable bonds is 2. The summed E-state index contributed by atoms with van der Waals surface area (Å²) in [6, 6.07) is 0.154. The highest BCUT2D eigenvalue weighted by Crippen LogP contribution is 2.09. The SMILES string of the molecule is C[C@H]1C[C@H](NC=O)C=CO1. The number of hydrogen-bond donors (Lipinski definition) is 1. The van der Waals surface area contributed by atoms with Gasteiger partial charge in [-0.2, -0.15) is 0 Å². The smallest absolute Gasteiger partial charge is 0.207 e. The third kappa shape index (κ3) is 1.76. The van der Waals surface area contributed by atoms with Crippen LogP contribution in [0, 0.1) is 0 Å². The molecule has 0 aliphatic carbocycles. The molecule has 3 nitrogen and oxygen atoms in total. The van der Waals surface area contributed by atoms with Crippen molar-refractivity contribution in [2.45, 2.75) is 25.5 Å². The standard InChI is InChI=1S/C7H11NO2/c1-6-4-7(8-5-9)2-3-10-6/h2-3,5-7H,4H2,1H3,(H,8,9)/t6-,7+/m0/s1. The highest BCUT2D eigenvalue weighted by atomic mass is 16.5. The van der Waals surface area contributed by atoms with Crippen LogP contribution in [0.1, 0.15) is 13.3 Å². The summed E-state index contributed by atoms with van der Waals surface area (Å²) in [7, 11) is 0. The van der Waals surface area contributed by atoms with Gasteiger partial charge in [0.05, 0.1) is 18.4 Å². The van der Waals surface area contributed by atoms with E-state index in [0.29, 0.717) is 6.41 Å². The van der Waals surface area contributed by atoms with E-state index in [1.54, 1.807) is 6.26 Å². The lowest BCUT2D eigenvalue weighted by molar-refractivity contribution is -0.110. The first-order valence-electron chi connectivity index (χ1n) is 3.34. The molecule has 0 radical (unpaired) electrons. The van der Waals surface area contributed by atoms with E-state index in [0.717, 1.165) is 6.42 Å². The van der Waals surface area contributed by atoms with Crippen molar-refractivity contribution in [3.63, 3.8) is 0 Å². The molecule has 56 valence electrons. The molecule has 0 saturated heterocycles. The highest BCUT2D eigenvalue weighted by Gasteiger charge is 2.13. The molecule has 1 aliphatic heterocycles. The maximum atomic E-state index is 9.99. The predicted octanol–water partition coefficient (Wildman–Crippen LogP) is 0.423. The van der Waals surface area contributed by atoms with Gasteiger partial charge in [0, 0.05) is 6.42 Å². The van der Waals surface area contributed by atoms with Gasteiger partial charge in [0.1, 0.15) is 0 Å². The molecule has 0 aromatic rings. The number of amides is 1. The van der Waals surface area contributed by atoms with Gasteiger partial charge in [-0.1, -0.05) is 0 Å². The average molecular weight is 141 g/mol. The molecule has 1 N–H and O–H groups in total. The number of ether oxygens (including phenoxy) is 1.